The third-order valence-electron chi connectivity index (χ3n) is 3.94. The Morgan fingerprint density at radius 2 is 2.04 bits per heavy atom. The second kappa shape index (κ2) is 5.44. The molecular formula is C17H21BrN2O3. The Balaban J connectivity index is 2.20. The lowest BCUT2D eigenvalue weighted by atomic mass is 10.0. The first-order valence-electron chi connectivity index (χ1n) is 7.58. The predicted octanol–water partition coefficient (Wildman–Crippen LogP) is 4.25. The van der Waals surface area contributed by atoms with Crippen LogP contribution in [0.4, 0.5) is 10.5 Å². The van der Waals surface area contributed by atoms with Crippen LogP contribution in [0.5, 0.6) is 5.75 Å². The van der Waals surface area contributed by atoms with Crippen molar-refractivity contribution in [3.05, 3.63) is 22.3 Å². The highest BCUT2D eigenvalue weighted by molar-refractivity contribution is 9.10. The van der Waals surface area contributed by atoms with E-state index in [0.29, 0.717) is 12.3 Å². The third-order valence-corrected chi connectivity index (χ3v) is 4.71. The van der Waals surface area contributed by atoms with Crippen LogP contribution in [-0.4, -0.2) is 29.9 Å². The van der Waals surface area contributed by atoms with Gasteiger partial charge in [-0.25, -0.2) is 4.79 Å². The zero-order valence-corrected chi connectivity index (χ0v) is 15.7. The minimum Gasteiger partial charge on any atom is -0.495 e. The van der Waals surface area contributed by atoms with Gasteiger partial charge in [-0.2, -0.15) is 0 Å². The van der Waals surface area contributed by atoms with E-state index in [1.165, 1.54) is 5.56 Å². The Morgan fingerprint density at radius 3 is 2.65 bits per heavy atom. The zero-order chi connectivity index (χ0) is 16.9. The molecule has 1 aromatic carbocycles. The SMILES string of the molecule is COc1cc2c3c(cn2C)CCN(C(=O)OC(C)(C)C)c3c1Br. The largest absolute Gasteiger partial charge is 0.495 e. The van der Waals surface area contributed by atoms with Crippen LogP contribution in [0.3, 0.4) is 0 Å². The number of carbonyl (C=O) groups excluding carboxylic acids is 1. The van der Waals surface area contributed by atoms with E-state index < -0.39 is 5.60 Å². The molecule has 3 rings (SSSR count). The fourth-order valence-electron chi connectivity index (χ4n) is 3.01. The van der Waals surface area contributed by atoms with E-state index in [1.807, 2.05) is 33.9 Å². The van der Waals surface area contributed by atoms with Crippen LogP contribution in [-0.2, 0) is 18.2 Å². The van der Waals surface area contributed by atoms with E-state index in [9.17, 15) is 4.79 Å². The Bertz CT molecular complexity index is 789. The molecule has 0 atom stereocenters. The van der Waals surface area contributed by atoms with Gasteiger partial charge in [0.1, 0.15) is 11.4 Å². The Hall–Kier alpha value is -1.69. The molecule has 1 aromatic heterocycles. The molecule has 2 aromatic rings. The van der Waals surface area contributed by atoms with E-state index in [0.717, 1.165) is 27.5 Å². The summed E-state index contributed by atoms with van der Waals surface area (Å²) in [6.07, 6.45) is 2.59. The first-order valence-corrected chi connectivity index (χ1v) is 8.37. The molecule has 0 saturated carbocycles. The van der Waals surface area contributed by atoms with Gasteiger partial charge in [0.25, 0.3) is 0 Å². The van der Waals surface area contributed by atoms with Crippen molar-refractivity contribution in [2.24, 2.45) is 7.05 Å². The number of hydrogen-bond donors (Lipinski definition) is 0. The minimum absolute atomic E-state index is 0.331. The van der Waals surface area contributed by atoms with Gasteiger partial charge >= 0.3 is 6.09 Å². The molecule has 0 N–H and O–H groups in total. The van der Waals surface area contributed by atoms with Crippen molar-refractivity contribution in [1.29, 1.82) is 0 Å². The standard InChI is InChI=1S/C17H21BrN2O3/c1-17(2,3)23-16(21)20-7-6-10-9-19(4)11-8-12(22-5)14(18)15(20)13(10)11/h8-9H,6-7H2,1-5H3. The number of benzene rings is 1. The smallest absolute Gasteiger partial charge is 0.414 e. The molecule has 0 saturated heterocycles. The van der Waals surface area contributed by atoms with Crippen LogP contribution < -0.4 is 9.64 Å². The molecule has 0 unspecified atom stereocenters. The highest BCUT2D eigenvalue weighted by Gasteiger charge is 2.32. The van der Waals surface area contributed by atoms with Crippen LogP contribution in [0.25, 0.3) is 10.9 Å². The molecule has 1 aliphatic heterocycles. The Morgan fingerprint density at radius 1 is 1.35 bits per heavy atom. The molecule has 23 heavy (non-hydrogen) atoms. The van der Waals surface area contributed by atoms with Crippen molar-refractivity contribution < 1.29 is 14.3 Å². The fourth-order valence-corrected chi connectivity index (χ4v) is 3.69. The summed E-state index contributed by atoms with van der Waals surface area (Å²) in [5, 5.41) is 1.08. The number of nitrogens with zero attached hydrogens (tertiary/aromatic N) is 2. The maximum absolute atomic E-state index is 12.7. The van der Waals surface area contributed by atoms with Crippen LogP contribution in [0.15, 0.2) is 16.7 Å². The Kier molecular flexibility index (Phi) is 3.83. The topological polar surface area (TPSA) is 43.7 Å². The van der Waals surface area contributed by atoms with Gasteiger partial charge in [0.15, 0.2) is 0 Å². The lowest BCUT2D eigenvalue weighted by Crippen LogP contribution is -2.39. The van der Waals surface area contributed by atoms with Gasteiger partial charge in [-0.3, -0.25) is 4.90 Å². The number of hydrogen-bond acceptors (Lipinski definition) is 3. The van der Waals surface area contributed by atoms with E-state index in [4.69, 9.17) is 9.47 Å². The van der Waals surface area contributed by atoms with Crippen molar-refractivity contribution in [2.45, 2.75) is 32.8 Å². The summed E-state index contributed by atoms with van der Waals surface area (Å²) >= 11 is 3.60. The number of ether oxygens (including phenoxy) is 2. The van der Waals surface area contributed by atoms with Gasteiger partial charge in [-0.05, 0) is 48.7 Å². The lowest BCUT2D eigenvalue weighted by Gasteiger charge is -2.31. The van der Waals surface area contributed by atoms with Crippen molar-refractivity contribution in [3.63, 3.8) is 0 Å². The van der Waals surface area contributed by atoms with Crippen LogP contribution in [0.1, 0.15) is 26.3 Å². The average molecular weight is 381 g/mol. The summed E-state index contributed by atoms with van der Waals surface area (Å²) in [6, 6.07) is 1.99. The van der Waals surface area contributed by atoms with Gasteiger partial charge in [0.05, 0.1) is 22.8 Å². The molecule has 6 heteroatoms. The molecule has 0 fully saturated rings. The molecule has 5 nitrogen and oxygen atoms in total. The normalized spacial score (nSPS) is 14.3. The van der Waals surface area contributed by atoms with Crippen molar-refractivity contribution >= 4 is 38.6 Å². The first kappa shape index (κ1) is 16.2. The summed E-state index contributed by atoms with van der Waals surface area (Å²) < 4.78 is 13.9. The molecule has 124 valence electrons. The molecule has 0 spiro atoms. The van der Waals surface area contributed by atoms with Gasteiger partial charge < -0.3 is 14.0 Å². The summed E-state index contributed by atoms with van der Waals surface area (Å²) in [5.41, 5.74) is 2.58. The summed E-state index contributed by atoms with van der Waals surface area (Å²) in [5.74, 6) is 0.704. The average Bonchev–Trinajstić information content (AvgIpc) is 2.77. The van der Waals surface area contributed by atoms with Gasteiger partial charge in [-0.15, -0.1) is 0 Å². The molecule has 1 aliphatic rings. The number of methoxy groups -OCH3 is 1. The number of halogens is 1. The third kappa shape index (κ3) is 2.69. The van der Waals surface area contributed by atoms with Crippen molar-refractivity contribution in [1.82, 2.24) is 4.57 Å². The van der Waals surface area contributed by atoms with Gasteiger partial charge in [0.2, 0.25) is 0 Å². The minimum atomic E-state index is -0.529. The monoisotopic (exact) mass is 380 g/mol. The molecule has 1 amide bonds. The summed E-state index contributed by atoms with van der Waals surface area (Å²) in [7, 11) is 3.63. The number of aryl methyl sites for hydroxylation is 1. The van der Waals surface area contributed by atoms with E-state index >= 15 is 0 Å². The first-order chi connectivity index (χ1) is 10.7. The fraction of sp³-hybridized carbons (Fsp3) is 0.471. The van der Waals surface area contributed by atoms with Crippen LogP contribution in [0.2, 0.25) is 0 Å². The molecule has 0 aliphatic carbocycles. The van der Waals surface area contributed by atoms with E-state index in [1.54, 1.807) is 12.0 Å². The quantitative estimate of drug-likeness (QED) is 0.742. The van der Waals surface area contributed by atoms with E-state index in [2.05, 4.69) is 26.7 Å². The lowest BCUT2D eigenvalue weighted by molar-refractivity contribution is 0.0580. The summed E-state index contributed by atoms with van der Waals surface area (Å²) in [6.45, 7) is 6.21. The van der Waals surface area contributed by atoms with E-state index in [-0.39, 0.29) is 6.09 Å². The summed E-state index contributed by atoms with van der Waals surface area (Å²) in [4.78, 5) is 14.4. The van der Waals surface area contributed by atoms with Gasteiger partial charge in [-0.1, -0.05) is 0 Å². The zero-order valence-electron chi connectivity index (χ0n) is 14.1. The second-order valence-corrected chi connectivity index (χ2v) is 7.58. The van der Waals surface area contributed by atoms with Crippen LogP contribution >= 0.6 is 15.9 Å². The number of rotatable bonds is 1. The maximum Gasteiger partial charge on any atom is 0.414 e. The molecule has 2 heterocycles. The Labute approximate surface area is 144 Å². The highest BCUT2D eigenvalue weighted by atomic mass is 79.9. The predicted molar refractivity (Wildman–Crippen MR) is 94.5 cm³/mol. The highest BCUT2D eigenvalue weighted by Crippen LogP contribution is 2.45. The second-order valence-electron chi connectivity index (χ2n) is 6.78. The van der Waals surface area contributed by atoms with Gasteiger partial charge in [0, 0.05) is 31.2 Å². The number of carbonyl (C=O) groups is 1. The van der Waals surface area contributed by atoms with Crippen molar-refractivity contribution in [3.8, 4) is 5.75 Å². The number of aromatic nitrogens is 1. The number of anilines is 1. The molecule has 0 bridgehead atoms. The maximum atomic E-state index is 12.7. The molecular weight excluding hydrogens is 360 g/mol. The number of amides is 1. The van der Waals surface area contributed by atoms with Crippen LogP contribution in [0, 0.1) is 0 Å². The molecule has 0 radical (unpaired) electrons. The van der Waals surface area contributed by atoms with Crippen molar-refractivity contribution in [2.75, 3.05) is 18.6 Å².